The first-order chi connectivity index (χ1) is 13.6. The number of carbonyl (C=O) groups is 2. The van der Waals surface area contributed by atoms with Crippen molar-refractivity contribution in [3.63, 3.8) is 0 Å². The van der Waals surface area contributed by atoms with Crippen LogP contribution < -0.4 is 19.7 Å². The summed E-state index contributed by atoms with van der Waals surface area (Å²) in [5.41, 5.74) is 1.86. The highest BCUT2D eigenvalue weighted by Crippen LogP contribution is 2.32. The number of fused-ring (bicyclic) bond motifs is 1. The Balaban J connectivity index is 1.28. The fourth-order valence-corrected chi connectivity index (χ4v) is 3.48. The molecule has 0 radical (unpaired) electrons. The topological polar surface area (TPSA) is 71.1 Å². The highest BCUT2D eigenvalue weighted by atomic mass is 35.5. The Hall–Kier alpha value is -2.93. The molecule has 1 fully saturated rings. The van der Waals surface area contributed by atoms with Gasteiger partial charge in [-0.05, 0) is 35.9 Å². The van der Waals surface area contributed by atoms with Gasteiger partial charge >= 0.3 is 11.8 Å². The summed E-state index contributed by atoms with van der Waals surface area (Å²) in [7, 11) is 0. The van der Waals surface area contributed by atoms with Gasteiger partial charge < -0.3 is 24.6 Å². The summed E-state index contributed by atoms with van der Waals surface area (Å²) in [5, 5.41) is 3.36. The quantitative estimate of drug-likeness (QED) is 0.797. The molecule has 2 amide bonds. The number of anilines is 1. The van der Waals surface area contributed by atoms with E-state index in [9.17, 15) is 9.59 Å². The molecule has 146 valence electrons. The first-order valence-corrected chi connectivity index (χ1v) is 9.44. The normalized spacial score (nSPS) is 15.5. The van der Waals surface area contributed by atoms with Crippen LogP contribution in [-0.2, 0) is 16.1 Å². The summed E-state index contributed by atoms with van der Waals surface area (Å²) < 4.78 is 10.6. The molecule has 2 heterocycles. The van der Waals surface area contributed by atoms with Gasteiger partial charge in [-0.3, -0.25) is 9.59 Å². The second kappa shape index (κ2) is 7.98. The number of carbonyl (C=O) groups excluding carboxylic acids is 2. The van der Waals surface area contributed by atoms with Gasteiger partial charge in [0.25, 0.3) is 0 Å². The van der Waals surface area contributed by atoms with Crippen molar-refractivity contribution in [3.8, 4) is 11.5 Å². The third-order valence-corrected chi connectivity index (χ3v) is 5.06. The van der Waals surface area contributed by atoms with E-state index >= 15 is 0 Å². The van der Waals surface area contributed by atoms with Crippen LogP contribution in [0.5, 0.6) is 11.5 Å². The minimum Gasteiger partial charge on any atom is -0.454 e. The summed E-state index contributed by atoms with van der Waals surface area (Å²) >= 11 is 6.04. The number of hydrogen-bond donors (Lipinski definition) is 1. The van der Waals surface area contributed by atoms with Gasteiger partial charge in [-0.15, -0.1) is 0 Å². The number of nitrogens with one attached hydrogen (secondary N) is 1. The molecule has 0 atom stereocenters. The van der Waals surface area contributed by atoms with E-state index in [0.29, 0.717) is 42.7 Å². The van der Waals surface area contributed by atoms with Crippen LogP contribution >= 0.6 is 11.6 Å². The average molecular weight is 402 g/mol. The number of hydrogen-bond acceptors (Lipinski definition) is 5. The van der Waals surface area contributed by atoms with Crippen molar-refractivity contribution in [3.05, 3.63) is 53.1 Å². The number of nitrogens with zero attached hydrogens (tertiary/aromatic N) is 2. The van der Waals surface area contributed by atoms with Crippen molar-refractivity contribution >= 4 is 29.1 Å². The Morgan fingerprint density at radius 1 is 1.00 bits per heavy atom. The molecule has 0 spiro atoms. The second-order valence-electron chi connectivity index (χ2n) is 6.63. The van der Waals surface area contributed by atoms with E-state index in [1.54, 1.807) is 17.0 Å². The maximum absolute atomic E-state index is 12.4. The van der Waals surface area contributed by atoms with Gasteiger partial charge in [-0.1, -0.05) is 23.7 Å². The van der Waals surface area contributed by atoms with E-state index in [1.807, 2.05) is 30.3 Å². The molecule has 1 saturated heterocycles. The lowest BCUT2D eigenvalue weighted by atomic mass is 10.2. The van der Waals surface area contributed by atoms with Crippen molar-refractivity contribution in [2.45, 2.75) is 6.54 Å². The molecule has 2 aromatic rings. The van der Waals surface area contributed by atoms with E-state index in [-0.39, 0.29) is 13.3 Å². The minimum absolute atomic E-state index is 0.199. The molecule has 2 aliphatic rings. The molecule has 1 N–H and O–H groups in total. The molecule has 0 saturated carbocycles. The Kier molecular flexibility index (Phi) is 5.25. The molecule has 0 unspecified atom stereocenters. The van der Waals surface area contributed by atoms with Crippen molar-refractivity contribution in [2.75, 3.05) is 37.9 Å². The molecule has 0 bridgehead atoms. The number of ether oxygens (including phenoxy) is 2. The predicted molar refractivity (Wildman–Crippen MR) is 105 cm³/mol. The highest BCUT2D eigenvalue weighted by molar-refractivity contribution is 6.35. The van der Waals surface area contributed by atoms with E-state index < -0.39 is 11.8 Å². The number of piperazine rings is 1. The van der Waals surface area contributed by atoms with Crippen LogP contribution in [0.3, 0.4) is 0 Å². The third-order valence-electron chi connectivity index (χ3n) is 4.82. The Morgan fingerprint density at radius 2 is 1.79 bits per heavy atom. The van der Waals surface area contributed by atoms with Gasteiger partial charge in [0.1, 0.15) is 0 Å². The van der Waals surface area contributed by atoms with Crippen molar-refractivity contribution in [2.24, 2.45) is 0 Å². The zero-order chi connectivity index (χ0) is 19.5. The monoisotopic (exact) mass is 401 g/mol. The largest absolute Gasteiger partial charge is 0.454 e. The van der Waals surface area contributed by atoms with Crippen LogP contribution in [0.25, 0.3) is 0 Å². The lowest BCUT2D eigenvalue weighted by molar-refractivity contribution is -0.146. The molecule has 0 aliphatic carbocycles. The summed E-state index contributed by atoms with van der Waals surface area (Å²) in [6.45, 7) is 2.74. The maximum Gasteiger partial charge on any atom is 0.312 e. The summed E-state index contributed by atoms with van der Waals surface area (Å²) in [5.74, 6) is 0.222. The van der Waals surface area contributed by atoms with Gasteiger partial charge in [0, 0.05) is 43.4 Å². The van der Waals surface area contributed by atoms with Crippen molar-refractivity contribution in [1.82, 2.24) is 10.2 Å². The summed E-state index contributed by atoms with van der Waals surface area (Å²) in [4.78, 5) is 28.4. The summed E-state index contributed by atoms with van der Waals surface area (Å²) in [6.07, 6.45) is 0. The predicted octanol–water partition coefficient (Wildman–Crippen LogP) is 2.03. The zero-order valence-corrected chi connectivity index (χ0v) is 15.9. The molecular formula is C20H20ClN3O4. The molecule has 0 aromatic heterocycles. The molecule has 8 heteroatoms. The lowest BCUT2D eigenvalue weighted by Gasteiger charge is -2.35. The van der Waals surface area contributed by atoms with E-state index in [4.69, 9.17) is 21.1 Å². The van der Waals surface area contributed by atoms with Gasteiger partial charge in [0.2, 0.25) is 6.79 Å². The van der Waals surface area contributed by atoms with Crippen molar-refractivity contribution in [1.29, 1.82) is 0 Å². The van der Waals surface area contributed by atoms with Crippen LogP contribution in [0.2, 0.25) is 5.02 Å². The number of amides is 2. The van der Waals surface area contributed by atoms with Crippen LogP contribution in [0, 0.1) is 0 Å². The highest BCUT2D eigenvalue weighted by Gasteiger charge is 2.26. The third kappa shape index (κ3) is 3.99. The van der Waals surface area contributed by atoms with Crippen LogP contribution in [-0.4, -0.2) is 49.7 Å². The number of halogens is 1. The van der Waals surface area contributed by atoms with E-state index in [2.05, 4.69) is 10.2 Å². The Labute approximate surface area is 167 Å². The fourth-order valence-electron chi connectivity index (χ4n) is 3.29. The van der Waals surface area contributed by atoms with Crippen LogP contribution in [0.1, 0.15) is 5.56 Å². The average Bonchev–Trinajstić information content (AvgIpc) is 3.19. The van der Waals surface area contributed by atoms with Crippen LogP contribution in [0.15, 0.2) is 42.5 Å². The molecule has 4 rings (SSSR count). The maximum atomic E-state index is 12.4. The molecule has 2 aliphatic heterocycles. The summed E-state index contributed by atoms with van der Waals surface area (Å²) in [6, 6.07) is 13.0. The first kappa shape index (κ1) is 18.4. The first-order valence-electron chi connectivity index (χ1n) is 9.06. The van der Waals surface area contributed by atoms with Gasteiger partial charge in [0.05, 0.1) is 0 Å². The van der Waals surface area contributed by atoms with E-state index in [1.165, 1.54) is 0 Å². The zero-order valence-electron chi connectivity index (χ0n) is 15.2. The van der Waals surface area contributed by atoms with Gasteiger partial charge in [-0.25, -0.2) is 0 Å². The fraction of sp³-hybridized carbons (Fsp3) is 0.300. The van der Waals surface area contributed by atoms with Gasteiger partial charge in [0.15, 0.2) is 11.5 Å². The van der Waals surface area contributed by atoms with Crippen molar-refractivity contribution < 1.29 is 19.1 Å². The Morgan fingerprint density at radius 3 is 2.57 bits per heavy atom. The SMILES string of the molecule is O=C(NCc1ccc2c(c1)OCO2)C(=O)N1CCN(c2cccc(Cl)c2)CC1. The lowest BCUT2D eigenvalue weighted by Crippen LogP contribution is -2.52. The standard InChI is InChI=1S/C20H20ClN3O4/c21-15-2-1-3-16(11-15)23-6-8-24(9-7-23)20(26)19(25)22-12-14-4-5-17-18(10-14)28-13-27-17/h1-5,10-11H,6-9,12-13H2,(H,22,25). The van der Waals surface area contributed by atoms with Crippen LogP contribution in [0.4, 0.5) is 5.69 Å². The number of benzene rings is 2. The number of rotatable bonds is 3. The minimum atomic E-state index is -0.603. The molecule has 2 aromatic carbocycles. The Bertz CT molecular complexity index is 897. The molecular weight excluding hydrogens is 382 g/mol. The van der Waals surface area contributed by atoms with E-state index in [0.717, 1.165) is 11.3 Å². The second-order valence-corrected chi connectivity index (χ2v) is 7.07. The molecule has 7 nitrogen and oxygen atoms in total. The van der Waals surface area contributed by atoms with Gasteiger partial charge in [-0.2, -0.15) is 0 Å². The molecule has 28 heavy (non-hydrogen) atoms. The smallest absolute Gasteiger partial charge is 0.312 e.